The number of carbonyl (C=O) groups excluding carboxylic acids is 2. The highest BCUT2D eigenvalue weighted by Gasteiger charge is 2.42. The van der Waals surface area contributed by atoms with Crippen LogP contribution in [0.1, 0.15) is 43.1 Å². The molecule has 160 valence electrons. The number of nitrogens with one attached hydrogen (secondary N) is 2. The number of fused-ring (bicyclic) bond motifs is 3. The van der Waals surface area contributed by atoms with Gasteiger partial charge in [-0.2, -0.15) is 0 Å². The summed E-state index contributed by atoms with van der Waals surface area (Å²) < 4.78 is 0. The number of nitrogens with zero attached hydrogens (tertiary/aromatic N) is 2. The number of rotatable bonds is 5. The van der Waals surface area contributed by atoms with Gasteiger partial charge in [-0.3, -0.25) is 14.5 Å². The molecule has 4 atom stereocenters. The standard InChI is InChI=1S/C24H32N4O2/c1-16(20-13-17-6-7-18(20)12-17)25-23(29)15-27-8-10-28(11-9-27)24(30)22-14-19-4-2-3-5-21(19)26-22/h2-5,14,16-18,20,26H,6-13,15H2,1H3,(H,25,29). The van der Waals surface area contributed by atoms with Gasteiger partial charge in [-0.1, -0.05) is 24.6 Å². The molecule has 6 nitrogen and oxygen atoms in total. The molecule has 2 bridgehead atoms. The van der Waals surface area contributed by atoms with Crippen LogP contribution in [0.4, 0.5) is 0 Å². The Hall–Kier alpha value is -2.34. The molecule has 1 saturated heterocycles. The van der Waals surface area contributed by atoms with Crippen molar-refractivity contribution in [2.75, 3.05) is 32.7 Å². The molecular weight excluding hydrogens is 376 g/mol. The van der Waals surface area contributed by atoms with Crippen LogP contribution in [-0.4, -0.2) is 65.4 Å². The zero-order valence-electron chi connectivity index (χ0n) is 17.8. The molecule has 5 rings (SSSR count). The summed E-state index contributed by atoms with van der Waals surface area (Å²) in [6.45, 7) is 5.40. The van der Waals surface area contributed by atoms with Crippen LogP contribution in [-0.2, 0) is 4.79 Å². The summed E-state index contributed by atoms with van der Waals surface area (Å²) in [4.78, 5) is 32.7. The van der Waals surface area contributed by atoms with Gasteiger partial charge in [0.1, 0.15) is 5.69 Å². The monoisotopic (exact) mass is 408 g/mol. The summed E-state index contributed by atoms with van der Waals surface area (Å²) in [7, 11) is 0. The van der Waals surface area contributed by atoms with Crippen molar-refractivity contribution in [2.45, 2.75) is 38.6 Å². The largest absolute Gasteiger partial charge is 0.352 e. The Morgan fingerprint density at radius 3 is 2.63 bits per heavy atom. The maximum atomic E-state index is 12.9. The first kappa shape index (κ1) is 19.6. The highest BCUT2D eigenvalue weighted by atomic mass is 16.2. The van der Waals surface area contributed by atoms with Crippen LogP contribution in [0.2, 0.25) is 0 Å². The van der Waals surface area contributed by atoms with Gasteiger partial charge in [-0.25, -0.2) is 0 Å². The molecule has 2 amide bonds. The van der Waals surface area contributed by atoms with Gasteiger partial charge in [0.15, 0.2) is 0 Å². The Balaban J connectivity index is 1.10. The molecule has 1 aliphatic heterocycles. The number of benzene rings is 1. The molecule has 1 aromatic carbocycles. The third-order valence-electron chi connectivity index (χ3n) is 7.61. The number of para-hydroxylation sites is 1. The molecule has 2 N–H and O–H groups in total. The van der Waals surface area contributed by atoms with E-state index in [9.17, 15) is 9.59 Å². The van der Waals surface area contributed by atoms with Gasteiger partial charge in [0.2, 0.25) is 5.91 Å². The third-order valence-corrected chi connectivity index (χ3v) is 7.61. The van der Waals surface area contributed by atoms with Crippen molar-refractivity contribution >= 4 is 22.7 Å². The lowest BCUT2D eigenvalue weighted by atomic mass is 9.84. The van der Waals surface area contributed by atoms with Crippen LogP contribution in [0.5, 0.6) is 0 Å². The van der Waals surface area contributed by atoms with Crippen molar-refractivity contribution < 1.29 is 9.59 Å². The van der Waals surface area contributed by atoms with Crippen molar-refractivity contribution in [1.82, 2.24) is 20.1 Å². The van der Waals surface area contributed by atoms with E-state index in [1.165, 1.54) is 25.7 Å². The summed E-state index contributed by atoms with van der Waals surface area (Å²) in [5.41, 5.74) is 1.63. The summed E-state index contributed by atoms with van der Waals surface area (Å²) >= 11 is 0. The average molecular weight is 409 g/mol. The number of aromatic nitrogens is 1. The van der Waals surface area contributed by atoms with Crippen LogP contribution in [0.25, 0.3) is 10.9 Å². The van der Waals surface area contributed by atoms with Gasteiger partial charge in [0.05, 0.1) is 6.54 Å². The lowest BCUT2D eigenvalue weighted by molar-refractivity contribution is -0.123. The third kappa shape index (κ3) is 3.85. The summed E-state index contributed by atoms with van der Waals surface area (Å²) in [5, 5.41) is 4.32. The van der Waals surface area contributed by atoms with E-state index in [0.29, 0.717) is 31.2 Å². The van der Waals surface area contributed by atoms with Crippen molar-refractivity contribution in [3.8, 4) is 0 Å². The minimum atomic E-state index is 0.0419. The van der Waals surface area contributed by atoms with Crippen LogP contribution in [0.15, 0.2) is 30.3 Å². The van der Waals surface area contributed by atoms with Crippen LogP contribution < -0.4 is 5.32 Å². The molecular formula is C24H32N4O2. The van der Waals surface area contributed by atoms with E-state index >= 15 is 0 Å². The fraction of sp³-hybridized carbons (Fsp3) is 0.583. The molecule has 2 heterocycles. The lowest BCUT2D eigenvalue weighted by Gasteiger charge is -2.35. The number of aromatic amines is 1. The van der Waals surface area contributed by atoms with E-state index < -0.39 is 0 Å². The number of hydrogen-bond acceptors (Lipinski definition) is 3. The van der Waals surface area contributed by atoms with Crippen molar-refractivity contribution in [3.63, 3.8) is 0 Å². The minimum Gasteiger partial charge on any atom is -0.352 e. The van der Waals surface area contributed by atoms with Gasteiger partial charge >= 0.3 is 0 Å². The molecule has 2 aliphatic carbocycles. The predicted octanol–water partition coefficient (Wildman–Crippen LogP) is 2.87. The fourth-order valence-electron chi connectivity index (χ4n) is 5.98. The first-order valence-corrected chi connectivity index (χ1v) is 11.5. The van der Waals surface area contributed by atoms with Crippen molar-refractivity contribution in [2.24, 2.45) is 17.8 Å². The Kier molecular flexibility index (Phi) is 5.27. The molecule has 2 saturated carbocycles. The molecule has 30 heavy (non-hydrogen) atoms. The van der Waals surface area contributed by atoms with E-state index in [2.05, 4.69) is 22.1 Å². The highest BCUT2D eigenvalue weighted by Crippen LogP contribution is 2.49. The minimum absolute atomic E-state index is 0.0419. The Bertz CT molecular complexity index is 897. The van der Waals surface area contributed by atoms with Crippen LogP contribution >= 0.6 is 0 Å². The predicted molar refractivity (Wildman–Crippen MR) is 117 cm³/mol. The molecule has 2 aromatic rings. The van der Waals surface area contributed by atoms with E-state index in [1.807, 2.05) is 35.2 Å². The molecule has 0 spiro atoms. The van der Waals surface area contributed by atoms with Gasteiger partial charge in [-0.15, -0.1) is 0 Å². The number of H-pyrrole nitrogens is 1. The molecule has 1 aromatic heterocycles. The second-order valence-electron chi connectivity index (χ2n) is 9.53. The molecule has 6 heteroatoms. The smallest absolute Gasteiger partial charge is 0.270 e. The van der Waals surface area contributed by atoms with Crippen LogP contribution in [0, 0.1) is 17.8 Å². The number of hydrogen-bond donors (Lipinski definition) is 2. The first-order chi connectivity index (χ1) is 14.6. The average Bonchev–Trinajstić information content (AvgIpc) is 3.48. The topological polar surface area (TPSA) is 68.4 Å². The number of carbonyl (C=O) groups is 2. The molecule has 4 unspecified atom stereocenters. The van der Waals surface area contributed by atoms with E-state index in [1.54, 1.807) is 0 Å². The Labute approximate surface area is 178 Å². The van der Waals surface area contributed by atoms with Crippen LogP contribution in [0.3, 0.4) is 0 Å². The molecule has 0 radical (unpaired) electrons. The quantitative estimate of drug-likeness (QED) is 0.799. The maximum Gasteiger partial charge on any atom is 0.270 e. The zero-order chi connectivity index (χ0) is 20.7. The summed E-state index contributed by atoms with van der Waals surface area (Å²) in [6.07, 6.45) is 5.41. The maximum absolute atomic E-state index is 12.9. The first-order valence-electron chi connectivity index (χ1n) is 11.5. The second kappa shape index (κ2) is 8.06. The molecule has 3 aliphatic rings. The van der Waals surface area contributed by atoms with Crippen molar-refractivity contribution in [3.05, 3.63) is 36.0 Å². The van der Waals surface area contributed by atoms with Gasteiger partial charge < -0.3 is 15.2 Å². The SMILES string of the molecule is CC(NC(=O)CN1CCN(C(=O)c2cc3ccccc3[nH]2)CC1)C1CC2CCC1C2. The van der Waals surface area contributed by atoms with Crippen molar-refractivity contribution in [1.29, 1.82) is 0 Å². The fourth-order valence-corrected chi connectivity index (χ4v) is 5.98. The Morgan fingerprint density at radius 2 is 1.93 bits per heavy atom. The second-order valence-corrected chi connectivity index (χ2v) is 9.53. The van der Waals surface area contributed by atoms with Gasteiger partial charge in [0, 0.05) is 43.1 Å². The van der Waals surface area contributed by atoms with E-state index in [0.717, 1.165) is 35.8 Å². The van der Waals surface area contributed by atoms with Gasteiger partial charge in [0.25, 0.3) is 5.91 Å². The Morgan fingerprint density at radius 1 is 1.13 bits per heavy atom. The van der Waals surface area contributed by atoms with E-state index in [-0.39, 0.29) is 17.9 Å². The number of amides is 2. The van der Waals surface area contributed by atoms with E-state index in [4.69, 9.17) is 0 Å². The summed E-state index contributed by atoms with van der Waals surface area (Å²) in [6, 6.07) is 10.1. The summed E-state index contributed by atoms with van der Waals surface area (Å²) in [5.74, 6) is 2.56. The normalized spacial score (nSPS) is 27.5. The highest BCUT2D eigenvalue weighted by molar-refractivity contribution is 5.98. The zero-order valence-corrected chi connectivity index (χ0v) is 17.8. The van der Waals surface area contributed by atoms with Gasteiger partial charge in [-0.05, 0) is 56.1 Å². The lowest BCUT2D eigenvalue weighted by Crippen LogP contribution is -2.52. The molecule has 3 fully saturated rings. The number of piperazine rings is 1.